The maximum Gasteiger partial charge on any atom is 0.266 e. The molecule has 0 aromatic heterocycles. The van der Waals surface area contributed by atoms with E-state index in [0.29, 0.717) is 21.5 Å². The van der Waals surface area contributed by atoms with Crippen molar-refractivity contribution in [3.63, 3.8) is 0 Å². The van der Waals surface area contributed by atoms with Crippen LogP contribution in [0.1, 0.15) is 11.1 Å². The number of hydrogen-bond donors (Lipinski definition) is 0. The summed E-state index contributed by atoms with van der Waals surface area (Å²) in [7, 11) is 3.23. The third-order valence-corrected chi connectivity index (χ3v) is 5.72. The molecule has 1 aliphatic rings. The highest BCUT2D eigenvalue weighted by Gasteiger charge is 2.32. The number of ether oxygens (including phenoxy) is 2. The van der Waals surface area contributed by atoms with Gasteiger partial charge in [-0.1, -0.05) is 52.0 Å². The van der Waals surface area contributed by atoms with E-state index in [1.165, 1.54) is 11.8 Å². The van der Waals surface area contributed by atoms with Crippen LogP contribution in [0.3, 0.4) is 0 Å². The Labute approximate surface area is 170 Å². The first-order valence-electron chi connectivity index (χ1n) is 7.73. The highest BCUT2D eigenvalue weighted by atomic mass is 79.9. The average Bonchev–Trinajstić information content (AvgIpc) is 2.90. The maximum absolute atomic E-state index is 12.8. The lowest BCUT2D eigenvalue weighted by Crippen LogP contribution is -2.27. The molecule has 0 atom stereocenters. The van der Waals surface area contributed by atoms with Crippen molar-refractivity contribution in [2.24, 2.45) is 0 Å². The molecule has 1 fully saturated rings. The van der Waals surface area contributed by atoms with Crippen LogP contribution in [0, 0.1) is 0 Å². The van der Waals surface area contributed by atoms with E-state index in [9.17, 15) is 4.79 Å². The maximum atomic E-state index is 12.8. The summed E-state index contributed by atoms with van der Waals surface area (Å²) < 4.78 is 12.0. The molecule has 0 N–H and O–H groups in total. The molecule has 1 aliphatic heterocycles. The van der Waals surface area contributed by atoms with Crippen LogP contribution >= 0.6 is 39.9 Å². The molecular formula is C19H16BrNO3S2. The quantitative estimate of drug-likeness (QED) is 0.480. The van der Waals surface area contributed by atoms with Crippen molar-refractivity contribution in [3.05, 3.63) is 63.0 Å². The van der Waals surface area contributed by atoms with Crippen molar-refractivity contribution < 1.29 is 14.3 Å². The molecule has 0 spiro atoms. The number of halogens is 1. The molecule has 0 radical (unpaired) electrons. The molecular weight excluding hydrogens is 434 g/mol. The van der Waals surface area contributed by atoms with Gasteiger partial charge in [-0.05, 0) is 42.0 Å². The molecule has 134 valence electrons. The Hall–Kier alpha value is -1.83. The Morgan fingerprint density at radius 3 is 2.54 bits per heavy atom. The summed E-state index contributed by atoms with van der Waals surface area (Å²) in [5, 5.41) is 0. The van der Waals surface area contributed by atoms with Crippen LogP contribution in [-0.2, 0) is 11.3 Å². The Bertz CT molecular complexity index is 881. The lowest BCUT2D eigenvalue weighted by Gasteiger charge is -2.14. The number of rotatable bonds is 5. The number of carbonyl (C=O) groups excluding carboxylic acids is 1. The third kappa shape index (κ3) is 4.11. The summed E-state index contributed by atoms with van der Waals surface area (Å²) in [5.74, 6) is 1.38. The van der Waals surface area contributed by atoms with Crippen molar-refractivity contribution >= 4 is 56.2 Å². The first kappa shape index (κ1) is 18.9. The van der Waals surface area contributed by atoms with Crippen LogP contribution in [0.2, 0.25) is 0 Å². The van der Waals surface area contributed by atoms with Crippen LogP contribution in [0.5, 0.6) is 11.5 Å². The number of methoxy groups -OCH3 is 2. The highest BCUT2D eigenvalue weighted by Crippen LogP contribution is 2.35. The number of amides is 1. The molecule has 0 bridgehead atoms. The summed E-state index contributed by atoms with van der Waals surface area (Å²) in [6.07, 6.45) is 1.82. The highest BCUT2D eigenvalue weighted by molar-refractivity contribution is 9.10. The number of carbonyl (C=O) groups is 1. The lowest BCUT2D eigenvalue weighted by atomic mass is 10.1. The molecule has 2 aromatic rings. The zero-order valence-corrected chi connectivity index (χ0v) is 17.4. The molecule has 1 saturated heterocycles. The van der Waals surface area contributed by atoms with Crippen LogP contribution in [-0.4, -0.2) is 29.3 Å². The number of hydrogen-bond acceptors (Lipinski definition) is 5. The molecule has 7 heteroatoms. The molecule has 4 nitrogen and oxygen atoms in total. The smallest absolute Gasteiger partial charge is 0.266 e. The van der Waals surface area contributed by atoms with Crippen LogP contribution < -0.4 is 9.47 Å². The number of thiocarbonyl (C=S) groups is 1. The van der Waals surface area contributed by atoms with Crippen LogP contribution in [0.15, 0.2) is 51.8 Å². The average molecular weight is 450 g/mol. The Morgan fingerprint density at radius 1 is 1.15 bits per heavy atom. The minimum atomic E-state index is -0.0992. The second kappa shape index (κ2) is 8.24. The van der Waals surface area contributed by atoms with Gasteiger partial charge in [-0.15, -0.1) is 0 Å². The monoisotopic (exact) mass is 449 g/mol. The van der Waals surface area contributed by atoms with Crippen LogP contribution in [0.4, 0.5) is 0 Å². The molecule has 0 unspecified atom stereocenters. The van der Waals surface area contributed by atoms with E-state index < -0.39 is 0 Å². The van der Waals surface area contributed by atoms with Gasteiger partial charge in [0.1, 0.15) is 15.8 Å². The first-order chi connectivity index (χ1) is 12.5. The standard InChI is InChI=1S/C19H16BrNO3S2/c1-23-15-6-3-12(4-7-15)11-21-18(22)17(26-19(21)25)10-13-9-14(20)5-8-16(13)24-2/h3-10H,11H2,1-2H3. The van der Waals surface area contributed by atoms with E-state index in [1.807, 2.05) is 48.5 Å². The molecule has 1 amide bonds. The fraction of sp³-hybridized carbons (Fsp3) is 0.158. The fourth-order valence-corrected chi connectivity index (χ4v) is 4.13. The number of nitrogens with zero attached hydrogens (tertiary/aromatic N) is 1. The van der Waals surface area contributed by atoms with Crippen molar-refractivity contribution in [1.29, 1.82) is 0 Å². The summed E-state index contributed by atoms with van der Waals surface area (Å²) in [4.78, 5) is 15.0. The van der Waals surface area contributed by atoms with Gasteiger partial charge in [0.2, 0.25) is 0 Å². The molecule has 1 heterocycles. The van der Waals surface area contributed by atoms with E-state index in [4.69, 9.17) is 21.7 Å². The third-order valence-electron chi connectivity index (χ3n) is 3.85. The second-order valence-electron chi connectivity index (χ2n) is 5.50. The zero-order chi connectivity index (χ0) is 18.7. The van der Waals surface area contributed by atoms with Crippen molar-refractivity contribution in [3.8, 4) is 11.5 Å². The van der Waals surface area contributed by atoms with Gasteiger partial charge in [0.05, 0.1) is 25.7 Å². The Kier molecular flexibility index (Phi) is 6.01. The van der Waals surface area contributed by atoms with Gasteiger partial charge in [-0.25, -0.2) is 0 Å². The van der Waals surface area contributed by atoms with E-state index in [2.05, 4.69) is 15.9 Å². The predicted molar refractivity (Wildman–Crippen MR) is 112 cm³/mol. The zero-order valence-electron chi connectivity index (χ0n) is 14.2. The molecule has 0 aliphatic carbocycles. The molecule has 2 aromatic carbocycles. The van der Waals surface area contributed by atoms with Gasteiger partial charge in [-0.2, -0.15) is 0 Å². The lowest BCUT2D eigenvalue weighted by molar-refractivity contribution is -0.122. The van der Waals surface area contributed by atoms with Crippen molar-refractivity contribution in [2.45, 2.75) is 6.54 Å². The normalized spacial score (nSPS) is 15.7. The van der Waals surface area contributed by atoms with E-state index >= 15 is 0 Å². The summed E-state index contributed by atoms with van der Waals surface area (Å²) in [6, 6.07) is 13.3. The Balaban J connectivity index is 1.83. The largest absolute Gasteiger partial charge is 0.497 e. The molecule has 26 heavy (non-hydrogen) atoms. The van der Waals surface area contributed by atoms with Gasteiger partial charge < -0.3 is 9.47 Å². The topological polar surface area (TPSA) is 38.8 Å². The Morgan fingerprint density at radius 2 is 1.88 bits per heavy atom. The predicted octanol–water partition coefficient (Wildman–Crippen LogP) is 4.87. The van der Waals surface area contributed by atoms with Crippen molar-refractivity contribution in [1.82, 2.24) is 4.90 Å². The van der Waals surface area contributed by atoms with Gasteiger partial charge in [0, 0.05) is 10.0 Å². The first-order valence-corrected chi connectivity index (χ1v) is 9.75. The molecule has 3 rings (SSSR count). The summed E-state index contributed by atoms with van der Waals surface area (Å²) >= 11 is 10.2. The number of benzene rings is 2. The van der Waals surface area contributed by atoms with E-state index in [0.717, 1.165) is 21.3 Å². The molecule has 0 saturated carbocycles. The van der Waals surface area contributed by atoms with E-state index in [-0.39, 0.29) is 5.91 Å². The van der Waals surface area contributed by atoms with Crippen LogP contribution in [0.25, 0.3) is 6.08 Å². The minimum Gasteiger partial charge on any atom is -0.497 e. The van der Waals surface area contributed by atoms with E-state index in [1.54, 1.807) is 19.1 Å². The SMILES string of the molecule is COc1ccc(CN2C(=O)C(=Cc3cc(Br)ccc3OC)SC2=S)cc1. The van der Waals surface area contributed by atoms with Gasteiger partial charge in [-0.3, -0.25) is 9.69 Å². The second-order valence-corrected chi connectivity index (χ2v) is 8.09. The van der Waals surface area contributed by atoms with Gasteiger partial charge in [0.15, 0.2) is 0 Å². The number of thioether (sulfide) groups is 1. The van der Waals surface area contributed by atoms with Gasteiger partial charge in [0.25, 0.3) is 5.91 Å². The minimum absolute atomic E-state index is 0.0992. The summed E-state index contributed by atoms with van der Waals surface area (Å²) in [5.41, 5.74) is 1.82. The summed E-state index contributed by atoms with van der Waals surface area (Å²) in [6.45, 7) is 0.432. The van der Waals surface area contributed by atoms with Crippen molar-refractivity contribution in [2.75, 3.05) is 14.2 Å². The fourth-order valence-electron chi connectivity index (χ4n) is 2.51. The van der Waals surface area contributed by atoms with Gasteiger partial charge >= 0.3 is 0 Å².